The second kappa shape index (κ2) is 70.8. The Morgan fingerprint density at radius 1 is 0.253 bits per heavy atom. The van der Waals surface area contributed by atoms with Gasteiger partial charge in [-0.15, -0.1) is 0 Å². The minimum atomic E-state index is -0.791. The Morgan fingerprint density at radius 2 is 0.470 bits per heavy atom. The highest BCUT2D eigenvalue weighted by Crippen LogP contribution is 2.17. The molecule has 478 valence electrons. The van der Waals surface area contributed by atoms with E-state index in [2.05, 4.69) is 118 Å². The van der Waals surface area contributed by atoms with E-state index in [0.717, 1.165) is 116 Å². The van der Waals surface area contributed by atoms with Crippen LogP contribution >= 0.6 is 0 Å². The molecule has 0 aromatic carbocycles. The smallest absolute Gasteiger partial charge is 0.306 e. The molecule has 6 heteroatoms. The van der Waals surface area contributed by atoms with Gasteiger partial charge in [0.25, 0.3) is 0 Å². The Hall–Kier alpha value is -3.67. The van der Waals surface area contributed by atoms with Crippen molar-refractivity contribution in [2.24, 2.45) is 0 Å². The molecule has 0 spiro atoms. The normalized spacial score (nSPS) is 12.7. The predicted molar refractivity (Wildman–Crippen MR) is 362 cm³/mol. The molecule has 0 aromatic heterocycles. The standard InChI is InChI=1S/C77H134O6/c1-4-7-10-13-16-19-22-25-27-29-31-33-35-36-37-38-39-40-42-43-45-47-49-52-55-58-61-64-67-70-76(79)82-73-74(72-81-75(78)69-66-63-60-57-54-51-24-21-18-15-12-9-6-3)83-77(80)71-68-65-62-59-56-53-50-48-46-44-41-34-32-30-28-26-23-20-17-14-11-8-5-2/h8,11,17,20,22,25-26,28-29,31-32,34,44,46,50,53,74H,4-7,9-10,12-16,18-19,21,23-24,27,30,33,35-43,45,47-49,51-52,54-73H2,1-3H3/b11-8-,20-17-,25-22-,28-26-,31-29-,34-32-,46-44-,53-50-. The van der Waals surface area contributed by atoms with E-state index in [4.69, 9.17) is 14.2 Å². The van der Waals surface area contributed by atoms with Gasteiger partial charge in [0.05, 0.1) is 0 Å². The Bertz CT molecular complexity index is 1610. The van der Waals surface area contributed by atoms with Gasteiger partial charge in [0.15, 0.2) is 6.10 Å². The number of allylic oxidation sites excluding steroid dienone is 16. The quantitative estimate of drug-likeness (QED) is 0.0261. The second-order valence-corrected chi connectivity index (χ2v) is 23.8. The van der Waals surface area contributed by atoms with Gasteiger partial charge in [0.1, 0.15) is 13.2 Å². The van der Waals surface area contributed by atoms with E-state index in [0.29, 0.717) is 19.3 Å². The number of hydrogen-bond donors (Lipinski definition) is 0. The van der Waals surface area contributed by atoms with Crippen LogP contribution in [0.3, 0.4) is 0 Å². The topological polar surface area (TPSA) is 78.9 Å². The number of hydrogen-bond acceptors (Lipinski definition) is 6. The molecule has 0 aromatic rings. The number of rotatable bonds is 65. The van der Waals surface area contributed by atoms with Gasteiger partial charge in [-0.2, -0.15) is 0 Å². The molecule has 0 aliphatic heterocycles. The minimum Gasteiger partial charge on any atom is -0.462 e. The fraction of sp³-hybridized carbons (Fsp3) is 0.753. The van der Waals surface area contributed by atoms with Crippen LogP contribution in [0.4, 0.5) is 0 Å². The van der Waals surface area contributed by atoms with Gasteiger partial charge in [-0.1, -0.05) is 330 Å². The fourth-order valence-electron chi connectivity index (χ4n) is 10.2. The average molecular weight is 1160 g/mol. The first-order valence-electron chi connectivity index (χ1n) is 35.7. The molecular weight excluding hydrogens is 1020 g/mol. The van der Waals surface area contributed by atoms with Crippen molar-refractivity contribution < 1.29 is 28.6 Å². The summed E-state index contributed by atoms with van der Waals surface area (Å²) in [5.74, 6) is -0.892. The van der Waals surface area contributed by atoms with Crippen LogP contribution < -0.4 is 0 Å². The first-order valence-corrected chi connectivity index (χ1v) is 35.7. The number of ether oxygens (including phenoxy) is 3. The van der Waals surface area contributed by atoms with Crippen LogP contribution in [-0.4, -0.2) is 37.2 Å². The molecule has 0 amide bonds. The molecule has 0 aliphatic rings. The van der Waals surface area contributed by atoms with Crippen molar-refractivity contribution in [3.8, 4) is 0 Å². The third kappa shape index (κ3) is 69.0. The molecule has 1 unspecified atom stereocenters. The lowest BCUT2D eigenvalue weighted by atomic mass is 10.0. The maximum atomic E-state index is 12.9. The van der Waals surface area contributed by atoms with Crippen LogP contribution in [0.5, 0.6) is 0 Å². The zero-order valence-electron chi connectivity index (χ0n) is 54.9. The van der Waals surface area contributed by atoms with Gasteiger partial charge < -0.3 is 14.2 Å². The van der Waals surface area contributed by atoms with Crippen LogP contribution in [0.2, 0.25) is 0 Å². The van der Waals surface area contributed by atoms with E-state index in [-0.39, 0.29) is 31.1 Å². The minimum absolute atomic E-state index is 0.0843. The van der Waals surface area contributed by atoms with E-state index >= 15 is 0 Å². The van der Waals surface area contributed by atoms with Gasteiger partial charge in [0, 0.05) is 19.3 Å². The Morgan fingerprint density at radius 3 is 0.735 bits per heavy atom. The van der Waals surface area contributed by atoms with E-state index in [9.17, 15) is 14.4 Å². The van der Waals surface area contributed by atoms with Gasteiger partial charge in [0.2, 0.25) is 0 Å². The number of carbonyl (C=O) groups excluding carboxylic acids is 3. The summed E-state index contributed by atoms with van der Waals surface area (Å²) in [5.41, 5.74) is 0. The van der Waals surface area contributed by atoms with Crippen molar-refractivity contribution in [1.82, 2.24) is 0 Å². The molecule has 0 fully saturated rings. The summed E-state index contributed by atoms with van der Waals surface area (Å²) >= 11 is 0. The maximum Gasteiger partial charge on any atom is 0.306 e. The first kappa shape index (κ1) is 79.3. The van der Waals surface area contributed by atoms with Gasteiger partial charge in [-0.3, -0.25) is 14.4 Å². The van der Waals surface area contributed by atoms with E-state index in [1.165, 1.54) is 199 Å². The molecule has 83 heavy (non-hydrogen) atoms. The van der Waals surface area contributed by atoms with Gasteiger partial charge in [-0.25, -0.2) is 0 Å². The van der Waals surface area contributed by atoms with E-state index < -0.39 is 6.10 Å². The summed E-state index contributed by atoms with van der Waals surface area (Å²) in [6.45, 7) is 6.54. The fourth-order valence-corrected chi connectivity index (χ4v) is 10.2. The van der Waals surface area contributed by atoms with Crippen molar-refractivity contribution in [3.05, 3.63) is 97.2 Å². The van der Waals surface area contributed by atoms with Crippen LogP contribution in [0.1, 0.15) is 355 Å². The summed E-state index contributed by atoms with van der Waals surface area (Å²) in [4.78, 5) is 38.4. The third-order valence-electron chi connectivity index (χ3n) is 15.6. The van der Waals surface area contributed by atoms with Crippen LogP contribution in [-0.2, 0) is 28.6 Å². The van der Waals surface area contributed by atoms with Crippen molar-refractivity contribution in [2.75, 3.05) is 13.2 Å². The second-order valence-electron chi connectivity index (χ2n) is 23.8. The lowest BCUT2D eigenvalue weighted by Gasteiger charge is -2.18. The first-order chi connectivity index (χ1) is 41.0. The molecule has 0 N–H and O–H groups in total. The number of carbonyl (C=O) groups is 3. The molecule has 0 bridgehead atoms. The maximum absolute atomic E-state index is 12.9. The van der Waals surface area contributed by atoms with Crippen molar-refractivity contribution in [1.29, 1.82) is 0 Å². The monoisotopic (exact) mass is 1160 g/mol. The van der Waals surface area contributed by atoms with E-state index in [1.807, 2.05) is 0 Å². The highest BCUT2D eigenvalue weighted by Gasteiger charge is 2.19. The molecule has 0 saturated heterocycles. The molecule has 0 rings (SSSR count). The van der Waals surface area contributed by atoms with E-state index in [1.54, 1.807) is 0 Å². The lowest BCUT2D eigenvalue weighted by Crippen LogP contribution is -2.30. The largest absolute Gasteiger partial charge is 0.462 e. The molecule has 0 heterocycles. The highest BCUT2D eigenvalue weighted by atomic mass is 16.6. The zero-order chi connectivity index (χ0) is 59.9. The molecule has 0 radical (unpaired) electrons. The summed E-state index contributed by atoms with van der Waals surface area (Å²) < 4.78 is 17.0. The van der Waals surface area contributed by atoms with Crippen molar-refractivity contribution >= 4 is 17.9 Å². The summed E-state index contributed by atoms with van der Waals surface area (Å²) in [6.07, 6.45) is 95.8. The average Bonchev–Trinajstić information content (AvgIpc) is 3.49. The van der Waals surface area contributed by atoms with Crippen LogP contribution in [0.25, 0.3) is 0 Å². The van der Waals surface area contributed by atoms with Crippen LogP contribution in [0, 0.1) is 0 Å². The molecule has 0 aliphatic carbocycles. The number of esters is 3. The summed E-state index contributed by atoms with van der Waals surface area (Å²) in [6, 6.07) is 0. The van der Waals surface area contributed by atoms with Gasteiger partial charge >= 0.3 is 17.9 Å². The predicted octanol–water partition coefficient (Wildman–Crippen LogP) is 24.8. The van der Waals surface area contributed by atoms with Crippen molar-refractivity contribution in [2.45, 2.75) is 361 Å². The summed E-state index contributed by atoms with van der Waals surface area (Å²) in [5, 5.41) is 0. The Labute approximate surface area is 515 Å². The third-order valence-corrected chi connectivity index (χ3v) is 15.6. The van der Waals surface area contributed by atoms with Crippen LogP contribution in [0.15, 0.2) is 97.2 Å². The SMILES string of the molecule is CC/C=C\C/C=C\C/C=C\C/C=C\C/C=C\C/C=C\CCCCCCC(=O)OC(COC(=O)CCCCCCCCCCCCCCC)COC(=O)CCCCCCCCCCCCCCCCCCC/C=C\C/C=C\CCCCCCC. The van der Waals surface area contributed by atoms with Gasteiger partial charge in [-0.05, 0) is 103 Å². The summed E-state index contributed by atoms with van der Waals surface area (Å²) in [7, 11) is 0. The molecular formula is C77H134O6. The molecule has 6 nitrogen and oxygen atoms in total. The molecule has 1 atom stereocenters. The Kier molecular flexibility index (Phi) is 67.7. The Balaban J connectivity index is 4.29. The lowest BCUT2D eigenvalue weighted by molar-refractivity contribution is -0.167. The number of unbranched alkanes of at least 4 members (excludes halogenated alkanes) is 38. The van der Waals surface area contributed by atoms with Crippen molar-refractivity contribution in [3.63, 3.8) is 0 Å². The zero-order valence-corrected chi connectivity index (χ0v) is 54.9. The highest BCUT2D eigenvalue weighted by molar-refractivity contribution is 5.71. The molecule has 0 saturated carbocycles.